The minimum absolute atomic E-state index is 0.523. The molecule has 0 saturated heterocycles. The van der Waals surface area contributed by atoms with Crippen molar-refractivity contribution in [2.75, 3.05) is 4.90 Å². The predicted octanol–water partition coefficient (Wildman–Crippen LogP) is 14.5. The summed E-state index contributed by atoms with van der Waals surface area (Å²) in [6.07, 6.45) is 0. The molecular formula is C53H33NO2. The third-order valence-electron chi connectivity index (χ3n) is 11.9. The molecule has 2 heterocycles. The van der Waals surface area contributed by atoms with E-state index in [1.165, 1.54) is 33.4 Å². The zero-order valence-corrected chi connectivity index (χ0v) is 30.3. The second-order valence-corrected chi connectivity index (χ2v) is 14.7. The van der Waals surface area contributed by atoms with Crippen molar-refractivity contribution >= 4 is 71.7 Å². The first-order chi connectivity index (χ1) is 27.8. The van der Waals surface area contributed by atoms with Gasteiger partial charge in [-0.15, -0.1) is 0 Å². The Labute approximate surface area is 323 Å². The molecule has 0 spiro atoms. The Morgan fingerprint density at radius 1 is 0.357 bits per heavy atom. The van der Waals surface area contributed by atoms with Crippen molar-refractivity contribution in [3.8, 4) is 11.1 Å². The number of benzene rings is 9. The molecule has 1 aliphatic rings. The third-order valence-corrected chi connectivity index (χ3v) is 11.9. The quantitative estimate of drug-likeness (QED) is 0.178. The van der Waals surface area contributed by atoms with Crippen molar-refractivity contribution in [2.24, 2.45) is 0 Å². The molecule has 0 fully saturated rings. The molecule has 3 nitrogen and oxygen atoms in total. The lowest BCUT2D eigenvalue weighted by molar-refractivity contribution is 0.665. The minimum Gasteiger partial charge on any atom is -0.455 e. The van der Waals surface area contributed by atoms with Gasteiger partial charge >= 0.3 is 0 Å². The molecule has 11 aromatic rings. The number of para-hydroxylation sites is 3. The van der Waals surface area contributed by atoms with E-state index in [1.807, 2.05) is 12.1 Å². The van der Waals surface area contributed by atoms with E-state index in [9.17, 15) is 0 Å². The summed E-state index contributed by atoms with van der Waals surface area (Å²) in [6.45, 7) is 0. The molecule has 9 aromatic carbocycles. The zero-order valence-electron chi connectivity index (χ0n) is 30.3. The van der Waals surface area contributed by atoms with E-state index in [2.05, 4.69) is 193 Å². The minimum atomic E-state index is -0.523. The maximum atomic E-state index is 7.22. The molecule has 56 heavy (non-hydrogen) atoms. The highest BCUT2D eigenvalue weighted by Gasteiger charge is 2.46. The molecule has 1 aliphatic carbocycles. The maximum absolute atomic E-state index is 7.22. The molecule has 0 saturated carbocycles. The summed E-state index contributed by atoms with van der Waals surface area (Å²) in [6, 6.07) is 71.9. The summed E-state index contributed by atoms with van der Waals surface area (Å²) in [7, 11) is 0. The van der Waals surface area contributed by atoms with Crippen molar-refractivity contribution in [3.63, 3.8) is 0 Å². The van der Waals surface area contributed by atoms with E-state index in [-0.39, 0.29) is 0 Å². The number of rotatable bonds is 5. The van der Waals surface area contributed by atoms with E-state index in [0.717, 1.165) is 71.7 Å². The van der Waals surface area contributed by atoms with Crippen molar-refractivity contribution in [3.05, 3.63) is 222 Å². The lowest BCUT2D eigenvalue weighted by Crippen LogP contribution is -2.28. The highest BCUT2D eigenvalue weighted by Crippen LogP contribution is 2.57. The van der Waals surface area contributed by atoms with E-state index in [4.69, 9.17) is 8.83 Å². The van der Waals surface area contributed by atoms with Crippen LogP contribution in [0.2, 0.25) is 0 Å². The largest absolute Gasteiger partial charge is 0.455 e. The highest BCUT2D eigenvalue weighted by molar-refractivity contribution is 6.34. The van der Waals surface area contributed by atoms with Gasteiger partial charge in [0, 0.05) is 32.9 Å². The number of hydrogen-bond acceptors (Lipinski definition) is 3. The molecule has 262 valence electrons. The van der Waals surface area contributed by atoms with Gasteiger partial charge < -0.3 is 13.7 Å². The fourth-order valence-corrected chi connectivity index (χ4v) is 9.66. The van der Waals surface area contributed by atoms with Crippen LogP contribution in [0.3, 0.4) is 0 Å². The number of anilines is 3. The Bertz CT molecular complexity index is 3270. The Morgan fingerprint density at radius 2 is 0.964 bits per heavy atom. The standard InChI is InChI=1S/C53H33NO2/c1-4-17-34(18-5-1)53(35-19-6-2-7-20-35)44-28-14-12-23-38(44)39-32-31-37(33-45(39)53)54(36-21-8-3-9-22-36)46-29-16-27-43-48-40-24-10-11-25-41(40)51-49(52(48)56-50(43)46)42-26-13-15-30-47(42)55-51/h1-33H. The summed E-state index contributed by atoms with van der Waals surface area (Å²) in [4.78, 5) is 2.36. The van der Waals surface area contributed by atoms with E-state index in [1.54, 1.807) is 0 Å². The molecule has 0 radical (unpaired) electrons. The lowest BCUT2D eigenvalue weighted by atomic mass is 9.67. The zero-order chi connectivity index (χ0) is 36.8. The molecule has 0 aliphatic heterocycles. The monoisotopic (exact) mass is 715 g/mol. The smallest absolute Gasteiger partial charge is 0.159 e. The van der Waals surface area contributed by atoms with E-state index >= 15 is 0 Å². The number of furan rings is 2. The molecule has 2 aromatic heterocycles. The van der Waals surface area contributed by atoms with Gasteiger partial charge in [0.15, 0.2) is 5.58 Å². The molecule has 0 amide bonds. The molecule has 0 N–H and O–H groups in total. The van der Waals surface area contributed by atoms with E-state index in [0.29, 0.717) is 0 Å². The number of hydrogen-bond donors (Lipinski definition) is 0. The normalized spacial score (nSPS) is 13.1. The van der Waals surface area contributed by atoms with Crippen LogP contribution in [0.15, 0.2) is 209 Å². The first-order valence-electron chi connectivity index (χ1n) is 19.2. The SMILES string of the molecule is c1ccc(N(c2ccc3c(c2)C(c2ccccc2)(c2ccccc2)c2ccccc2-3)c2cccc3c2oc2c3c3ccccc3c3oc4ccccc4c32)cc1. The van der Waals surface area contributed by atoms with Gasteiger partial charge in [0.05, 0.1) is 16.5 Å². The summed E-state index contributed by atoms with van der Waals surface area (Å²) < 4.78 is 13.8. The van der Waals surface area contributed by atoms with Gasteiger partial charge in [-0.2, -0.15) is 0 Å². The maximum Gasteiger partial charge on any atom is 0.159 e. The van der Waals surface area contributed by atoms with Crippen LogP contribution >= 0.6 is 0 Å². The molecule has 0 unspecified atom stereocenters. The topological polar surface area (TPSA) is 29.5 Å². The van der Waals surface area contributed by atoms with Gasteiger partial charge in [-0.1, -0.05) is 164 Å². The van der Waals surface area contributed by atoms with Crippen LogP contribution in [0.25, 0.3) is 65.8 Å². The van der Waals surface area contributed by atoms with Crippen LogP contribution in [0.1, 0.15) is 22.3 Å². The van der Waals surface area contributed by atoms with Gasteiger partial charge in [-0.05, 0) is 75.2 Å². The summed E-state index contributed by atoms with van der Waals surface area (Å²) in [5, 5.41) is 6.42. The molecular weight excluding hydrogens is 683 g/mol. The Hall–Kier alpha value is -7.36. The average molecular weight is 716 g/mol. The summed E-state index contributed by atoms with van der Waals surface area (Å²) in [5.41, 5.74) is 13.4. The van der Waals surface area contributed by atoms with Crippen molar-refractivity contribution < 1.29 is 8.83 Å². The number of fused-ring (bicyclic) bond motifs is 13. The van der Waals surface area contributed by atoms with Crippen LogP contribution in [-0.2, 0) is 5.41 Å². The predicted molar refractivity (Wildman–Crippen MR) is 230 cm³/mol. The Morgan fingerprint density at radius 3 is 1.73 bits per heavy atom. The highest BCUT2D eigenvalue weighted by atomic mass is 16.3. The first-order valence-corrected chi connectivity index (χ1v) is 19.2. The summed E-state index contributed by atoms with van der Waals surface area (Å²) >= 11 is 0. The lowest BCUT2D eigenvalue weighted by Gasteiger charge is -2.34. The van der Waals surface area contributed by atoms with Crippen LogP contribution < -0.4 is 4.90 Å². The van der Waals surface area contributed by atoms with Crippen LogP contribution in [0, 0.1) is 0 Å². The van der Waals surface area contributed by atoms with Crippen LogP contribution in [-0.4, -0.2) is 0 Å². The molecule has 0 atom stereocenters. The third kappa shape index (κ3) is 4.17. The molecule has 12 rings (SSSR count). The van der Waals surface area contributed by atoms with Gasteiger partial charge in [-0.3, -0.25) is 0 Å². The van der Waals surface area contributed by atoms with Gasteiger partial charge in [0.1, 0.15) is 16.7 Å². The first kappa shape index (κ1) is 31.0. The average Bonchev–Trinajstić information content (AvgIpc) is 3.94. The van der Waals surface area contributed by atoms with Crippen LogP contribution in [0.5, 0.6) is 0 Å². The number of nitrogens with zero attached hydrogens (tertiary/aromatic N) is 1. The second-order valence-electron chi connectivity index (χ2n) is 14.7. The fourth-order valence-electron chi connectivity index (χ4n) is 9.66. The van der Waals surface area contributed by atoms with Gasteiger partial charge in [0.2, 0.25) is 0 Å². The van der Waals surface area contributed by atoms with Crippen molar-refractivity contribution in [1.82, 2.24) is 0 Å². The Balaban J connectivity index is 1.17. The van der Waals surface area contributed by atoms with E-state index < -0.39 is 5.41 Å². The second kappa shape index (κ2) is 11.8. The van der Waals surface area contributed by atoms with Crippen molar-refractivity contribution in [2.45, 2.75) is 5.41 Å². The van der Waals surface area contributed by atoms with Gasteiger partial charge in [0.25, 0.3) is 0 Å². The summed E-state index contributed by atoms with van der Waals surface area (Å²) in [5.74, 6) is 0. The molecule has 0 bridgehead atoms. The van der Waals surface area contributed by atoms with Crippen molar-refractivity contribution in [1.29, 1.82) is 0 Å². The Kier molecular flexibility index (Phi) is 6.55. The van der Waals surface area contributed by atoms with Gasteiger partial charge in [-0.25, -0.2) is 0 Å². The van der Waals surface area contributed by atoms with Crippen LogP contribution in [0.4, 0.5) is 17.1 Å². The fraction of sp³-hybridized carbons (Fsp3) is 0.0189. The molecule has 3 heteroatoms.